The van der Waals surface area contributed by atoms with Gasteiger partial charge >= 0.3 is 0 Å². The number of para-hydroxylation sites is 1. The van der Waals surface area contributed by atoms with E-state index >= 15 is 0 Å². The maximum Gasteiger partial charge on any atom is 0.255 e. The standard InChI is InChI=1S/C15H13BrN2O/c1-15(10-5-4-6-11(16)9-10)17-13-8-3-2-7-12(13)14(19)18-15/h2-9,17H,1H3,(H,18,19). The number of anilines is 1. The molecule has 0 aromatic heterocycles. The number of rotatable bonds is 1. The molecule has 2 aromatic carbocycles. The Morgan fingerprint density at radius 1 is 1.05 bits per heavy atom. The van der Waals surface area contributed by atoms with Crippen LogP contribution in [0.15, 0.2) is 53.0 Å². The first-order valence-corrected chi connectivity index (χ1v) is 6.83. The molecule has 0 saturated carbocycles. The molecule has 2 aromatic rings. The van der Waals surface area contributed by atoms with Crippen LogP contribution >= 0.6 is 15.9 Å². The Hall–Kier alpha value is -1.81. The van der Waals surface area contributed by atoms with E-state index < -0.39 is 5.66 Å². The van der Waals surface area contributed by atoms with Crippen LogP contribution < -0.4 is 10.6 Å². The lowest BCUT2D eigenvalue weighted by atomic mass is 9.96. The molecule has 96 valence electrons. The SMILES string of the molecule is CC1(c2cccc(Br)c2)NC(=O)c2ccccc2N1. The average molecular weight is 317 g/mol. The van der Waals surface area contributed by atoms with Gasteiger partial charge in [0.2, 0.25) is 0 Å². The van der Waals surface area contributed by atoms with E-state index in [9.17, 15) is 4.79 Å². The molecule has 2 N–H and O–H groups in total. The van der Waals surface area contributed by atoms with Gasteiger partial charge in [-0.05, 0) is 36.8 Å². The van der Waals surface area contributed by atoms with E-state index in [2.05, 4.69) is 26.6 Å². The van der Waals surface area contributed by atoms with E-state index in [1.54, 1.807) is 0 Å². The third kappa shape index (κ3) is 2.12. The minimum atomic E-state index is -0.602. The quantitative estimate of drug-likeness (QED) is 0.845. The van der Waals surface area contributed by atoms with Gasteiger partial charge in [-0.2, -0.15) is 0 Å². The summed E-state index contributed by atoms with van der Waals surface area (Å²) in [5, 5.41) is 6.42. The number of hydrogen-bond donors (Lipinski definition) is 2. The Morgan fingerprint density at radius 2 is 1.84 bits per heavy atom. The van der Waals surface area contributed by atoms with Crippen LogP contribution in [0.2, 0.25) is 0 Å². The number of halogens is 1. The zero-order valence-electron chi connectivity index (χ0n) is 10.4. The van der Waals surface area contributed by atoms with E-state index in [4.69, 9.17) is 0 Å². The van der Waals surface area contributed by atoms with Crippen LogP contribution in [0.3, 0.4) is 0 Å². The summed E-state index contributed by atoms with van der Waals surface area (Å²) in [6, 6.07) is 15.4. The van der Waals surface area contributed by atoms with Crippen molar-refractivity contribution in [1.29, 1.82) is 0 Å². The largest absolute Gasteiger partial charge is 0.359 e. The van der Waals surface area contributed by atoms with Crippen LogP contribution in [0, 0.1) is 0 Å². The van der Waals surface area contributed by atoms with Crippen LogP contribution in [-0.4, -0.2) is 5.91 Å². The van der Waals surface area contributed by atoms with Gasteiger partial charge in [0.05, 0.1) is 5.56 Å². The Balaban J connectivity index is 2.06. The third-order valence-corrected chi connectivity index (χ3v) is 3.82. The smallest absolute Gasteiger partial charge is 0.255 e. The first-order valence-electron chi connectivity index (χ1n) is 6.04. The lowest BCUT2D eigenvalue weighted by molar-refractivity contribution is 0.0906. The summed E-state index contributed by atoms with van der Waals surface area (Å²) >= 11 is 3.46. The van der Waals surface area contributed by atoms with E-state index in [-0.39, 0.29) is 5.91 Å². The number of fused-ring (bicyclic) bond motifs is 1. The molecule has 3 nitrogen and oxygen atoms in total. The Bertz CT molecular complexity index is 656. The molecule has 0 spiro atoms. The molecule has 3 rings (SSSR count). The molecular formula is C15H13BrN2O. The lowest BCUT2D eigenvalue weighted by Crippen LogP contribution is -2.52. The monoisotopic (exact) mass is 316 g/mol. The van der Waals surface area contributed by atoms with Crippen molar-refractivity contribution in [1.82, 2.24) is 5.32 Å². The first-order chi connectivity index (χ1) is 9.08. The highest BCUT2D eigenvalue weighted by atomic mass is 79.9. The van der Waals surface area contributed by atoms with Gasteiger partial charge in [0.1, 0.15) is 5.66 Å². The number of amides is 1. The van der Waals surface area contributed by atoms with Crippen molar-refractivity contribution in [3.05, 3.63) is 64.1 Å². The molecule has 0 bridgehead atoms. The van der Waals surface area contributed by atoms with E-state index in [0.29, 0.717) is 5.56 Å². The van der Waals surface area contributed by atoms with Crippen molar-refractivity contribution in [3.8, 4) is 0 Å². The van der Waals surface area contributed by atoms with Crippen molar-refractivity contribution in [2.45, 2.75) is 12.6 Å². The molecule has 0 saturated heterocycles. The number of nitrogens with one attached hydrogen (secondary N) is 2. The van der Waals surface area contributed by atoms with Gasteiger partial charge in [0.15, 0.2) is 0 Å². The molecular weight excluding hydrogens is 304 g/mol. The Labute approximate surface area is 120 Å². The van der Waals surface area contributed by atoms with Crippen LogP contribution in [0.4, 0.5) is 5.69 Å². The van der Waals surface area contributed by atoms with E-state index in [1.807, 2.05) is 55.5 Å². The van der Waals surface area contributed by atoms with Crippen molar-refractivity contribution < 1.29 is 4.79 Å². The Kier molecular flexibility index (Phi) is 2.82. The van der Waals surface area contributed by atoms with Crippen molar-refractivity contribution >= 4 is 27.5 Å². The number of hydrogen-bond acceptors (Lipinski definition) is 2. The third-order valence-electron chi connectivity index (χ3n) is 3.32. The molecule has 19 heavy (non-hydrogen) atoms. The fourth-order valence-corrected chi connectivity index (χ4v) is 2.73. The zero-order chi connectivity index (χ0) is 13.5. The number of carbonyl (C=O) groups is 1. The van der Waals surface area contributed by atoms with E-state index in [0.717, 1.165) is 15.7 Å². The minimum Gasteiger partial charge on any atom is -0.359 e. The maximum atomic E-state index is 12.2. The maximum absolute atomic E-state index is 12.2. The normalized spacial score (nSPS) is 21.3. The molecule has 1 heterocycles. The number of carbonyl (C=O) groups excluding carboxylic acids is 1. The first kappa shape index (κ1) is 12.2. The summed E-state index contributed by atoms with van der Waals surface area (Å²) < 4.78 is 0.987. The number of benzene rings is 2. The molecule has 0 radical (unpaired) electrons. The van der Waals surface area contributed by atoms with Crippen LogP contribution in [0.1, 0.15) is 22.8 Å². The lowest BCUT2D eigenvalue weighted by Gasteiger charge is -2.38. The molecule has 1 unspecified atom stereocenters. The summed E-state index contributed by atoms with van der Waals surface area (Å²) in [4.78, 5) is 12.2. The van der Waals surface area contributed by atoms with Gasteiger partial charge in [-0.15, -0.1) is 0 Å². The van der Waals surface area contributed by atoms with Crippen LogP contribution in [-0.2, 0) is 5.66 Å². The molecule has 0 aliphatic carbocycles. The molecule has 4 heteroatoms. The summed E-state index contributed by atoms with van der Waals surface area (Å²) in [6.07, 6.45) is 0. The summed E-state index contributed by atoms with van der Waals surface area (Å²) in [7, 11) is 0. The van der Waals surface area contributed by atoms with Crippen molar-refractivity contribution in [3.63, 3.8) is 0 Å². The second-order valence-corrected chi connectivity index (χ2v) is 5.68. The van der Waals surface area contributed by atoms with Gasteiger partial charge < -0.3 is 10.6 Å². The van der Waals surface area contributed by atoms with Crippen LogP contribution in [0.25, 0.3) is 0 Å². The highest BCUT2D eigenvalue weighted by Crippen LogP contribution is 2.31. The van der Waals surface area contributed by atoms with E-state index in [1.165, 1.54) is 0 Å². The van der Waals surface area contributed by atoms with Crippen molar-refractivity contribution in [2.24, 2.45) is 0 Å². The molecule has 1 atom stereocenters. The van der Waals surface area contributed by atoms with Crippen molar-refractivity contribution in [2.75, 3.05) is 5.32 Å². The summed E-state index contributed by atoms with van der Waals surface area (Å²) in [5.74, 6) is -0.0585. The Morgan fingerprint density at radius 3 is 2.63 bits per heavy atom. The summed E-state index contributed by atoms with van der Waals surface area (Å²) in [5.41, 5.74) is 1.93. The van der Waals surface area contributed by atoms with Gasteiger partial charge in [-0.1, -0.05) is 40.2 Å². The fourth-order valence-electron chi connectivity index (χ4n) is 2.33. The second-order valence-electron chi connectivity index (χ2n) is 4.76. The van der Waals surface area contributed by atoms with Gasteiger partial charge in [-0.3, -0.25) is 4.79 Å². The zero-order valence-corrected chi connectivity index (χ0v) is 12.0. The predicted octanol–water partition coefficient (Wildman–Crippen LogP) is 3.48. The van der Waals surface area contributed by atoms with Gasteiger partial charge in [0, 0.05) is 10.2 Å². The molecule has 1 amide bonds. The topological polar surface area (TPSA) is 41.1 Å². The molecule has 1 aliphatic heterocycles. The average Bonchev–Trinajstić information content (AvgIpc) is 2.38. The second kappa shape index (κ2) is 4.38. The van der Waals surface area contributed by atoms with Crippen LogP contribution in [0.5, 0.6) is 0 Å². The highest BCUT2D eigenvalue weighted by Gasteiger charge is 2.34. The predicted molar refractivity (Wildman–Crippen MR) is 79.0 cm³/mol. The molecule has 1 aliphatic rings. The fraction of sp³-hybridized carbons (Fsp3) is 0.133. The minimum absolute atomic E-state index is 0.0585. The molecule has 0 fully saturated rings. The van der Waals surface area contributed by atoms with Gasteiger partial charge in [-0.25, -0.2) is 0 Å². The summed E-state index contributed by atoms with van der Waals surface area (Å²) in [6.45, 7) is 1.96. The highest BCUT2D eigenvalue weighted by molar-refractivity contribution is 9.10. The van der Waals surface area contributed by atoms with Gasteiger partial charge in [0.25, 0.3) is 5.91 Å².